The van der Waals surface area contributed by atoms with Crippen LogP contribution in [0, 0.1) is 11.6 Å². The molecule has 0 spiro atoms. The molecule has 16 nitrogen and oxygen atoms in total. The molecule has 2 atom stereocenters. The Morgan fingerprint density at radius 2 is 1.07 bits per heavy atom. The first-order chi connectivity index (χ1) is 32.0. The number of nitrogens with one attached hydrogen (secondary N) is 3. The van der Waals surface area contributed by atoms with Gasteiger partial charge in [-0.1, -0.05) is 0 Å². The van der Waals surface area contributed by atoms with Gasteiger partial charge < -0.3 is 45.0 Å². The van der Waals surface area contributed by atoms with E-state index in [1.54, 1.807) is 43.0 Å². The maximum Gasteiger partial charge on any atom is 0.410 e. The number of imidazole rings is 2. The van der Waals surface area contributed by atoms with E-state index >= 15 is 0 Å². The third-order valence-corrected chi connectivity index (χ3v) is 11.7. The SMILES string of the molecule is C[C@H](NCc1nc2ccc(Oc3ccc(F)cc3)cc2n1C1CCN(C(=O)OC(C)(C)C)CC1)C(N)=O.C[C@H](NCc1nc2ccc(Oc3ccc(F)cc3)cc2n1C1CCNCC1)C(N)=O. The lowest BCUT2D eigenvalue weighted by Crippen LogP contribution is -2.42. The molecule has 8 rings (SSSR count). The summed E-state index contributed by atoms with van der Waals surface area (Å²) in [7, 11) is 0. The van der Waals surface area contributed by atoms with Crippen molar-refractivity contribution in [3.8, 4) is 23.0 Å². The molecule has 67 heavy (non-hydrogen) atoms. The predicted molar refractivity (Wildman–Crippen MR) is 251 cm³/mol. The van der Waals surface area contributed by atoms with E-state index in [2.05, 4.69) is 25.1 Å². The van der Waals surface area contributed by atoms with E-state index in [0.717, 1.165) is 59.6 Å². The molecule has 2 saturated heterocycles. The minimum Gasteiger partial charge on any atom is -0.457 e. The molecule has 356 valence electrons. The summed E-state index contributed by atoms with van der Waals surface area (Å²) in [6, 6.07) is 22.6. The summed E-state index contributed by atoms with van der Waals surface area (Å²) in [6.07, 6.45) is 3.10. The minimum absolute atomic E-state index is 0.0745. The number of nitrogens with two attached hydrogens (primary N) is 2. The first-order valence-electron chi connectivity index (χ1n) is 22.6. The lowest BCUT2D eigenvalue weighted by Gasteiger charge is -2.34. The lowest BCUT2D eigenvalue weighted by molar-refractivity contribution is -0.120. The second kappa shape index (κ2) is 21.3. The number of primary amides is 2. The van der Waals surface area contributed by atoms with E-state index in [1.165, 1.54) is 24.3 Å². The Kier molecular flexibility index (Phi) is 15.4. The van der Waals surface area contributed by atoms with Gasteiger partial charge in [-0.25, -0.2) is 23.5 Å². The Labute approximate surface area is 388 Å². The number of benzene rings is 4. The number of hydrogen-bond donors (Lipinski definition) is 5. The van der Waals surface area contributed by atoms with Crippen LogP contribution in [0.3, 0.4) is 0 Å². The van der Waals surface area contributed by atoms with Crippen molar-refractivity contribution in [3.63, 3.8) is 0 Å². The highest BCUT2D eigenvalue weighted by Gasteiger charge is 2.30. The number of carbonyl (C=O) groups is 3. The van der Waals surface area contributed by atoms with Crippen molar-refractivity contribution < 1.29 is 37.4 Å². The molecule has 0 saturated carbocycles. The zero-order valence-electron chi connectivity index (χ0n) is 38.6. The van der Waals surface area contributed by atoms with E-state index in [1.807, 2.05) is 57.2 Å². The maximum absolute atomic E-state index is 13.3. The number of halogens is 2. The summed E-state index contributed by atoms with van der Waals surface area (Å²) < 4.78 is 48.3. The van der Waals surface area contributed by atoms with Crippen LogP contribution in [0.4, 0.5) is 13.6 Å². The van der Waals surface area contributed by atoms with Crippen LogP contribution in [-0.4, -0.2) is 85.8 Å². The highest BCUT2D eigenvalue weighted by atomic mass is 19.1. The third-order valence-electron chi connectivity index (χ3n) is 11.7. The van der Waals surface area contributed by atoms with E-state index < -0.39 is 29.5 Å². The highest BCUT2D eigenvalue weighted by molar-refractivity contribution is 5.81. The van der Waals surface area contributed by atoms with Gasteiger partial charge in [0.2, 0.25) is 11.8 Å². The average molecular weight is 923 g/mol. The van der Waals surface area contributed by atoms with Crippen molar-refractivity contribution in [2.45, 2.75) is 103 Å². The number of rotatable bonds is 14. The molecular weight excluding hydrogens is 863 g/mol. The van der Waals surface area contributed by atoms with E-state index in [-0.39, 0.29) is 23.8 Å². The molecule has 6 aromatic rings. The number of ether oxygens (including phenoxy) is 3. The molecule has 4 aromatic carbocycles. The number of nitrogens with zero attached hydrogens (tertiary/aromatic N) is 5. The summed E-state index contributed by atoms with van der Waals surface area (Å²) in [5.74, 6) is 2.51. The van der Waals surface area contributed by atoms with Gasteiger partial charge in [0.25, 0.3) is 0 Å². The van der Waals surface area contributed by atoms with Gasteiger partial charge >= 0.3 is 6.09 Å². The molecule has 18 heteroatoms. The molecule has 7 N–H and O–H groups in total. The van der Waals surface area contributed by atoms with Crippen molar-refractivity contribution in [2.24, 2.45) is 11.5 Å². The minimum atomic E-state index is -0.550. The molecule has 2 aliphatic rings. The number of carbonyl (C=O) groups excluding carboxylic acids is 3. The Balaban J connectivity index is 0.000000203. The van der Waals surface area contributed by atoms with E-state index in [0.29, 0.717) is 68.1 Å². The molecule has 0 bridgehead atoms. The average Bonchev–Trinajstić information content (AvgIpc) is 3.86. The molecule has 0 radical (unpaired) electrons. The number of amides is 3. The van der Waals surface area contributed by atoms with Gasteiger partial charge in [0.15, 0.2) is 0 Å². The van der Waals surface area contributed by atoms with Crippen molar-refractivity contribution in [3.05, 3.63) is 108 Å². The Hall–Kier alpha value is -6.63. The van der Waals surface area contributed by atoms with Gasteiger partial charge in [0, 0.05) is 37.3 Å². The third kappa shape index (κ3) is 12.6. The van der Waals surface area contributed by atoms with Gasteiger partial charge in [-0.2, -0.15) is 0 Å². The van der Waals surface area contributed by atoms with Gasteiger partial charge in [0.1, 0.15) is 51.9 Å². The van der Waals surface area contributed by atoms with E-state index in [9.17, 15) is 23.2 Å². The largest absolute Gasteiger partial charge is 0.457 e. The second-order valence-corrected chi connectivity index (χ2v) is 17.9. The lowest BCUT2D eigenvalue weighted by atomic mass is 10.0. The number of likely N-dealkylation sites (tertiary alicyclic amines) is 1. The van der Waals surface area contributed by atoms with Gasteiger partial charge in [-0.3, -0.25) is 20.2 Å². The molecule has 3 amide bonds. The number of fused-ring (bicyclic) bond motifs is 2. The zero-order valence-corrected chi connectivity index (χ0v) is 38.6. The molecular formula is C49H60F2N10O6. The standard InChI is InChI=1S/C27H34FN5O4.C22H26FN5O2/c1-17(25(29)34)30-16-24-31-22-10-9-21(36-20-7-5-18(28)6-8-20)15-23(22)33(24)19-11-13-32(14-12-19)26(35)37-27(2,3)4;1-14(22(24)29)26-13-21-27-19-7-6-18(30-17-4-2-15(23)3-5-17)12-20(19)28(21)16-8-10-25-11-9-16/h5-10,15,17,19,30H,11-14,16H2,1-4H3,(H2,29,34);2-7,12,14,16,25-26H,8-11,13H2,1H3,(H2,24,29)/t17-;14-/m00/s1. The fraction of sp³-hybridized carbons (Fsp3) is 0.408. The maximum atomic E-state index is 13.3. The Morgan fingerprint density at radius 3 is 1.48 bits per heavy atom. The summed E-state index contributed by atoms with van der Waals surface area (Å²) >= 11 is 0. The molecule has 2 fully saturated rings. The molecule has 0 aliphatic carbocycles. The van der Waals surface area contributed by atoms with Crippen LogP contribution in [0.1, 0.15) is 84.0 Å². The first-order valence-corrected chi connectivity index (χ1v) is 22.6. The Bertz CT molecular complexity index is 2650. The summed E-state index contributed by atoms with van der Waals surface area (Å²) in [6.45, 7) is 12.8. The number of aromatic nitrogens is 4. The Morgan fingerprint density at radius 1 is 0.672 bits per heavy atom. The monoisotopic (exact) mass is 922 g/mol. The molecule has 2 aromatic heterocycles. The van der Waals surface area contributed by atoms with Crippen LogP contribution in [0.2, 0.25) is 0 Å². The van der Waals surface area contributed by atoms with Crippen molar-refractivity contribution in [2.75, 3.05) is 26.2 Å². The zero-order chi connectivity index (χ0) is 47.8. The van der Waals surface area contributed by atoms with Crippen LogP contribution >= 0.6 is 0 Å². The van der Waals surface area contributed by atoms with Crippen LogP contribution in [0.15, 0.2) is 84.9 Å². The summed E-state index contributed by atoms with van der Waals surface area (Å²) in [5, 5.41) is 9.69. The summed E-state index contributed by atoms with van der Waals surface area (Å²) in [4.78, 5) is 46.9. The van der Waals surface area contributed by atoms with Crippen molar-refractivity contribution in [1.29, 1.82) is 0 Å². The van der Waals surface area contributed by atoms with Crippen LogP contribution in [0.5, 0.6) is 23.0 Å². The smallest absolute Gasteiger partial charge is 0.410 e. The van der Waals surface area contributed by atoms with Crippen LogP contribution < -0.4 is 36.9 Å². The number of hydrogen-bond acceptors (Lipinski definition) is 11. The topological polar surface area (TPSA) is 206 Å². The summed E-state index contributed by atoms with van der Waals surface area (Å²) in [5.41, 5.74) is 13.8. The predicted octanol–water partition coefficient (Wildman–Crippen LogP) is 7.36. The molecule has 2 aliphatic heterocycles. The van der Waals surface area contributed by atoms with Crippen molar-refractivity contribution >= 4 is 40.0 Å². The van der Waals surface area contributed by atoms with Crippen LogP contribution in [-0.2, 0) is 27.4 Å². The first kappa shape index (κ1) is 48.3. The fourth-order valence-electron chi connectivity index (χ4n) is 8.10. The van der Waals surface area contributed by atoms with Gasteiger partial charge in [-0.05, 0) is 146 Å². The number of piperidine rings is 2. The van der Waals surface area contributed by atoms with Crippen LogP contribution in [0.25, 0.3) is 22.1 Å². The molecule has 0 unspecified atom stereocenters. The van der Waals surface area contributed by atoms with Gasteiger partial charge in [0.05, 0.1) is 47.2 Å². The normalized spacial score (nSPS) is 15.7. The second-order valence-electron chi connectivity index (χ2n) is 17.9. The molecule has 4 heterocycles. The van der Waals surface area contributed by atoms with E-state index in [4.69, 9.17) is 35.6 Å². The van der Waals surface area contributed by atoms with Gasteiger partial charge in [-0.15, -0.1) is 0 Å². The fourth-order valence-corrected chi connectivity index (χ4v) is 8.10. The quantitative estimate of drug-likeness (QED) is 0.0730. The van der Waals surface area contributed by atoms with Crippen molar-refractivity contribution in [1.82, 2.24) is 40.0 Å². The highest BCUT2D eigenvalue weighted by Crippen LogP contribution is 2.34.